The topological polar surface area (TPSA) is 54.3 Å². The number of para-hydroxylation sites is 1. The van der Waals surface area contributed by atoms with E-state index in [1.807, 2.05) is 49.5 Å². The first-order chi connectivity index (χ1) is 13.2. The fourth-order valence-electron chi connectivity index (χ4n) is 3.45. The Kier molecular flexibility index (Phi) is 4.50. The molecule has 3 aromatic rings. The molecular formula is C22H21N3O2. The van der Waals surface area contributed by atoms with E-state index in [9.17, 15) is 9.59 Å². The first-order valence-electron chi connectivity index (χ1n) is 9.13. The highest BCUT2D eigenvalue weighted by Crippen LogP contribution is 2.25. The number of nitrogens with one attached hydrogen (secondary N) is 1. The molecule has 1 saturated heterocycles. The molecule has 2 aromatic carbocycles. The number of amides is 3. The van der Waals surface area contributed by atoms with Crippen molar-refractivity contribution in [2.75, 3.05) is 6.54 Å². The minimum absolute atomic E-state index is 0.262. The average molecular weight is 359 g/mol. The van der Waals surface area contributed by atoms with Gasteiger partial charge in [-0.05, 0) is 24.1 Å². The van der Waals surface area contributed by atoms with E-state index in [0.717, 1.165) is 29.4 Å². The van der Waals surface area contributed by atoms with Gasteiger partial charge < -0.3 is 9.88 Å². The second-order valence-electron chi connectivity index (χ2n) is 6.66. The van der Waals surface area contributed by atoms with Crippen molar-refractivity contribution in [1.29, 1.82) is 0 Å². The summed E-state index contributed by atoms with van der Waals surface area (Å²) in [5.74, 6) is -0.262. The van der Waals surface area contributed by atoms with Crippen LogP contribution in [-0.2, 0) is 11.3 Å². The summed E-state index contributed by atoms with van der Waals surface area (Å²) in [6, 6.07) is 18.0. The van der Waals surface area contributed by atoms with Crippen molar-refractivity contribution in [3.63, 3.8) is 0 Å². The Labute approximate surface area is 157 Å². The quantitative estimate of drug-likeness (QED) is 0.553. The number of aromatic nitrogens is 1. The number of benzene rings is 2. The molecule has 2 heterocycles. The molecule has 1 aliphatic heterocycles. The molecule has 0 bridgehead atoms. The first-order valence-corrected chi connectivity index (χ1v) is 9.13. The van der Waals surface area contributed by atoms with Gasteiger partial charge in [0.25, 0.3) is 5.91 Å². The van der Waals surface area contributed by atoms with Gasteiger partial charge in [-0.1, -0.05) is 55.5 Å². The van der Waals surface area contributed by atoms with Crippen LogP contribution in [0.25, 0.3) is 17.0 Å². The van der Waals surface area contributed by atoms with Crippen LogP contribution in [0.4, 0.5) is 4.79 Å². The highest BCUT2D eigenvalue weighted by molar-refractivity contribution is 6.14. The number of imide groups is 1. The molecule has 1 N–H and O–H groups in total. The summed E-state index contributed by atoms with van der Waals surface area (Å²) < 4.78 is 2.17. The van der Waals surface area contributed by atoms with Crippen LogP contribution < -0.4 is 5.32 Å². The molecule has 4 rings (SSSR count). The zero-order valence-corrected chi connectivity index (χ0v) is 15.2. The number of rotatable bonds is 5. The number of hydrogen-bond donors (Lipinski definition) is 1. The second-order valence-corrected chi connectivity index (χ2v) is 6.66. The van der Waals surface area contributed by atoms with E-state index in [0.29, 0.717) is 12.2 Å². The third-order valence-corrected chi connectivity index (χ3v) is 4.72. The maximum absolute atomic E-state index is 12.5. The minimum Gasteiger partial charge on any atom is -0.342 e. The van der Waals surface area contributed by atoms with Crippen molar-refractivity contribution in [3.05, 3.63) is 77.6 Å². The van der Waals surface area contributed by atoms with Crippen molar-refractivity contribution in [2.24, 2.45) is 0 Å². The number of fused-ring (bicyclic) bond motifs is 1. The molecule has 0 radical (unpaired) electrons. The highest BCUT2D eigenvalue weighted by atomic mass is 16.2. The summed E-state index contributed by atoms with van der Waals surface area (Å²) >= 11 is 0. The van der Waals surface area contributed by atoms with Gasteiger partial charge >= 0.3 is 6.03 Å². The van der Waals surface area contributed by atoms with Gasteiger partial charge in [-0.2, -0.15) is 0 Å². The third kappa shape index (κ3) is 3.24. The molecule has 27 heavy (non-hydrogen) atoms. The van der Waals surface area contributed by atoms with Crippen LogP contribution in [0.3, 0.4) is 0 Å². The average Bonchev–Trinajstić information content (AvgIpc) is 3.16. The number of urea groups is 1. The number of carbonyl (C=O) groups excluding carboxylic acids is 2. The molecule has 0 saturated carbocycles. The maximum atomic E-state index is 12.5. The van der Waals surface area contributed by atoms with Crippen molar-refractivity contribution in [1.82, 2.24) is 14.8 Å². The van der Waals surface area contributed by atoms with Crippen LogP contribution in [-0.4, -0.2) is 28.0 Å². The highest BCUT2D eigenvalue weighted by Gasteiger charge is 2.32. The van der Waals surface area contributed by atoms with Gasteiger partial charge in [0.1, 0.15) is 5.70 Å². The summed E-state index contributed by atoms with van der Waals surface area (Å²) in [6.45, 7) is 3.12. The Balaban J connectivity index is 1.73. The zero-order valence-electron chi connectivity index (χ0n) is 15.2. The summed E-state index contributed by atoms with van der Waals surface area (Å²) in [6.07, 6.45) is 4.55. The van der Waals surface area contributed by atoms with Crippen molar-refractivity contribution in [3.8, 4) is 0 Å². The molecule has 5 heteroatoms. The van der Waals surface area contributed by atoms with E-state index < -0.39 is 0 Å². The normalized spacial score (nSPS) is 15.7. The van der Waals surface area contributed by atoms with Gasteiger partial charge in [-0.3, -0.25) is 9.69 Å². The maximum Gasteiger partial charge on any atom is 0.329 e. The fourth-order valence-corrected chi connectivity index (χ4v) is 3.45. The molecule has 0 aliphatic carbocycles. The van der Waals surface area contributed by atoms with Gasteiger partial charge in [0.05, 0.1) is 0 Å². The van der Waals surface area contributed by atoms with Crippen molar-refractivity contribution >= 4 is 28.9 Å². The van der Waals surface area contributed by atoms with Crippen molar-refractivity contribution < 1.29 is 9.59 Å². The lowest BCUT2D eigenvalue weighted by Crippen LogP contribution is -2.31. The lowest BCUT2D eigenvalue weighted by atomic mass is 10.1. The van der Waals surface area contributed by atoms with Crippen LogP contribution in [0.5, 0.6) is 0 Å². The smallest absolute Gasteiger partial charge is 0.329 e. The second kappa shape index (κ2) is 7.11. The lowest BCUT2D eigenvalue weighted by Gasteiger charge is -2.08. The number of carbonyl (C=O) groups is 2. The van der Waals surface area contributed by atoms with Gasteiger partial charge in [0, 0.05) is 35.8 Å². The molecule has 0 spiro atoms. The first kappa shape index (κ1) is 17.1. The number of hydrogen-bond acceptors (Lipinski definition) is 2. The Bertz CT molecular complexity index is 1030. The Hall–Kier alpha value is -3.34. The molecule has 136 valence electrons. The monoisotopic (exact) mass is 359 g/mol. The SMILES string of the molecule is CCCN1C(=O)N/C(=C/c2cn(Cc3ccccc3)c3ccccc23)C1=O. The fraction of sp³-hybridized carbons (Fsp3) is 0.182. The molecule has 1 fully saturated rings. The molecule has 0 atom stereocenters. The summed E-state index contributed by atoms with van der Waals surface area (Å²) in [4.78, 5) is 25.8. The molecule has 0 unspecified atom stereocenters. The van der Waals surface area contributed by atoms with Crippen LogP contribution in [0, 0.1) is 0 Å². The predicted octanol–water partition coefficient (Wildman–Crippen LogP) is 3.99. The molecule has 1 aromatic heterocycles. The van der Waals surface area contributed by atoms with Gasteiger partial charge in [-0.25, -0.2) is 4.79 Å². The van der Waals surface area contributed by atoms with E-state index >= 15 is 0 Å². The summed E-state index contributed by atoms with van der Waals surface area (Å²) in [7, 11) is 0. The minimum atomic E-state index is -0.346. The Morgan fingerprint density at radius 2 is 1.74 bits per heavy atom. The third-order valence-electron chi connectivity index (χ3n) is 4.72. The Morgan fingerprint density at radius 1 is 1.00 bits per heavy atom. The zero-order chi connectivity index (χ0) is 18.8. The summed E-state index contributed by atoms with van der Waals surface area (Å²) in [5, 5.41) is 3.75. The summed E-state index contributed by atoms with van der Waals surface area (Å²) in [5.41, 5.74) is 3.55. The lowest BCUT2D eigenvalue weighted by molar-refractivity contribution is -0.122. The number of nitrogens with zero attached hydrogens (tertiary/aromatic N) is 2. The van der Waals surface area contributed by atoms with Crippen molar-refractivity contribution in [2.45, 2.75) is 19.9 Å². The predicted molar refractivity (Wildman–Crippen MR) is 106 cm³/mol. The van der Waals surface area contributed by atoms with Crippen LogP contribution >= 0.6 is 0 Å². The van der Waals surface area contributed by atoms with Crippen LogP contribution in [0.1, 0.15) is 24.5 Å². The largest absolute Gasteiger partial charge is 0.342 e. The van der Waals surface area contributed by atoms with Gasteiger partial charge in [-0.15, -0.1) is 0 Å². The molecule has 3 amide bonds. The van der Waals surface area contributed by atoms with E-state index in [4.69, 9.17) is 0 Å². The van der Waals surface area contributed by atoms with Gasteiger partial charge in [0.15, 0.2) is 0 Å². The van der Waals surface area contributed by atoms with Gasteiger partial charge in [0.2, 0.25) is 0 Å². The van der Waals surface area contributed by atoms with Crippen LogP contribution in [0.15, 0.2) is 66.5 Å². The Morgan fingerprint density at radius 3 is 2.52 bits per heavy atom. The standard InChI is InChI=1S/C22H21N3O2/c1-2-12-25-21(26)19(23-22(25)27)13-17-15-24(14-16-8-4-3-5-9-16)20-11-7-6-10-18(17)20/h3-11,13,15H,2,12,14H2,1H3,(H,23,27)/b19-13+. The van der Waals surface area contributed by atoms with E-state index in [1.165, 1.54) is 10.5 Å². The molecular weight excluding hydrogens is 338 g/mol. The van der Waals surface area contributed by atoms with E-state index in [1.54, 1.807) is 6.08 Å². The van der Waals surface area contributed by atoms with Crippen LogP contribution in [0.2, 0.25) is 0 Å². The van der Waals surface area contributed by atoms with E-state index in [-0.39, 0.29) is 11.9 Å². The molecule has 1 aliphatic rings. The molecule has 5 nitrogen and oxygen atoms in total. The van der Waals surface area contributed by atoms with E-state index in [2.05, 4.69) is 28.1 Å².